The summed E-state index contributed by atoms with van der Waals surface area (Å²) in [6.07, 6.45) is 1.24. The number of piperidine rings is 1. The van der Waals surface area contributed by atoms with Crippen LogP contribution in [0.15, 0.2) is 42.5 Å². The van der Waals surface area contributed by atoms with Gasteiger partial charge >= 0.3 is 0 Å². The normalized spacial score (nSPS) is 15.3. The molecule has 1 N–H and O–H groups in total. The summed E-state index contributed by atoms with van der Waals surface area (Å²) < 4.78 is 0. The van der Waals surface area contributed by atoms with Crippen molar-refractivity contribution in [1.82, 2.24) is 4.90 Å². The van der Waals surface area contributed by atoms with Gasteiger partial charge in [0.2, 0.25) is 5.91 Å². The van der Waals surface area contributed by atoms with Crippen LogP contribution < -0.4 is 5.32 Å². The van der Waals surface area contributed by atoms with Gasteiger partial charge in [0.25, 0.3) is 5.91 Å². The Morgan fingerprint density at radius 3 is 2.21 bits per heavy atom. The number of anilines is 1. The Hall–Kier alpha value is -2.04. The van der Waals surface area contributed by atoms with E-state index in [4.69, 9.17) is 23.2 Å². The van der Waals surface area contributed by atoms with Gasteiger partial charge in [0.05, 0.1) is 15.7 Å². The molecule has 0 spiro atoms. The number of hydrogen-bond donors (Lipinski definition) is 1. The van der Waals surface area contributed by atoms with Gasteiger partial charge in [0.1, 0.15) is 0 Å². The van der Waals surface area contributed by atoms with E-state index in [0.29, 0.717) is 47.2 Å². The van der Waals surface area contributed by atoms with Gasteiger partial charge in [-0.3, -0.25) is 9.59 Å². The molecule has 0 bridgehead atoms. The summed E-state index contributed by atoms with van der Waals surface area (Å²) in [4.78, 5) is 27.2. The molecule has 1 aliphatic heterocycles. The Bertz CT molecular complexity index is 896. The van der Waals surface area contributed by atoms with Gasteiger partial charge in [0, 0.05) is 24.6 Å². The number of carbonyl (C=O) groups is 2. The highest BCUT2D eigenvalue weighted by Gasteiger charge is 2.28. The van der Waals surface area contributed by atoms with Gasteiger partial charge in [0.15, 0.2) is 0 Å². The Kier molecular flexibility index (Phi) is 6.55. The molecule has 1 saturated heterocycles. The second-order valence-corrected chi connectivity index (χ2v) is 9.27. The molecule has 0 aromatic heterocycles. The summed E-state index contributed by atoms with van der Waals surface area (Å²) in [5.74, 6) is -0.227. The topological polar surface area (TPSA) is 49.4 Å². The molecular formula is C23H26Cl2N2O2. The second-order valence-electron chi connectivity index (χ2n) is 8.48. The lowest BCUT2D eigenvalue weighted by Crippen LogP contribution is -2.41. The van der Waals surface area contributed by atoms with Crippen LogP contribution in [0.2, 0.25) is 10.0 Å². The first-order valence-corrected chi connectivity index (χ1v) is 10.6. The lowest BCUT2D eigenvalue weighted by atomic mass is 9.86. The third-order valence-corrected chi connectivity index (χ3v) is 6.18. The number of likely N-dealkylation sites (tertiary alicyclic amines) is 1. The maximum absolute atomic E-state index is 12.8. The molecule has 2 aromatic rings. The molecule has 0 saturated carbocycles. The predicted molar refractivity (Wildman–Crippen MR) is 119 cm³/mol. The van der Waals surface area contributed by atoms with Crippen molar-refractivity contribution in [2.45, 2.75) is 39.0 Å². The molecule has 154 valence electrons. The van der Waals surface area contributed by atoms with E-state index in [0.717, 1.165) is 0 Å². The average Bonchev–Trinajstić information content (AvgIpc) is 2.70. The fraction of sp³-hybridized carbons (Fsp3) is 0.391. The van der Waals surface area contributed by atoms with Gasteiger partial charge in [-0.1, -0.05) is 62.2 Å². The standard InChI is InChI=1S/C23H26Cl2N2O2/c1-23(2,3)17-9-7-16(8-10-17)22(29)27-13-11-15(12-14-27)21(28)26-19-6-4-5-18(24)20(19)25/h4-10,15H,11-14H2,1-3H3,(H,26,28). The summed E-state index contributed by atoms with van der Waals surface area (Å²) in [6, 6.07) is 13.0. The minimum Gasteiger partial charge on any atom is -0.339 e. The molecule has 2 amide bonds. The van der Waals surface area contributed by atoms with Crippen LogP contribution >= 0.6 is 23.2 Å². The van der Waals surface area contributed by atoms with E-state index >= 15 is 0 Å². The van der Waals surface area contributed by atoms with Crippen molar-refractivity contribution in [2.75, 3.05) is 18.4 Å². The van der Waals surface area contributed by atoms with Crippen molar-refractivity contribution in [2.24, 2.45) is 5.92 Å². The van der Waals surface area contributed by atoms with Crippen LogP contribution in [-0.2, 0) is 10.2 Å². The number of amides is 2. The Balaban J connectivity index is 1.57. The van der Waals surface area contributed by atoms with E-state index in [9.17, 15) is 9.59 Å². The predicted octanol–water partition coefficient (Wildman–Crippen LogP) is 5.78. The lowest BCUT2D eigenvalue weighted by Gasteiger charge is -2.31. The van der Waals surface area contributed by atoms with Crippen molar-refractivity contribution < 1.29 is 9.59 Å². The molecule has 3 rings (SSSR count). The van der Waals surface area contributed by atoms with Gasteiger partial charge < -0.3 is 10.2 Å². The monoisotopic (exact) mass is 432 g/mol. The molecule has 1 fully saturated rings. The maximum Gasteiger partial charge on any atom is 0.253 e. The smallest absolute Gasteiger partial charge is 0.253 e. The van der Waals surface area contributed by atoms with E-state index in [1.54, 1.807) is 18.2 Å². The zero-order valence-corrected chi connectivity index (χ0v) is 18.5. The zero-order valence-electron chi connectivity index (χ0n) is 17.0. The Morgan fingerprint density at radius 2 is 1.62 bits per heavy atom. The van der Waals surface area contributed by atoms with E-state index in [1.807, 2.05) is 29.2 Å². The third kappa shape index (κ3) is 5.12. The minimum atomic E-state index is -0.155. The van der Waals surface area contributed by atoms with Crippen LogP contribution in [0.4, 0.5) is 5.69 Å². The van der Waals surface area contributed by atoms with Crippen LogP contribution in [0.25, 0.3) is 0 Å². The number of halogens is 2. The number of nitrogens with zero attached hydrogens (tertiary/aromatic N) is 1. The summed E-state index contributed by atoms with van der Waals surface area (Å²) in [7, 11) is 0. The number of rotatable bonds is 3. The molecular weight excluding hydrogens is 407 g/mol. The van der Waals surface area contributed by atoms with E-state index in [-0.39, 0.29) is 23.1 Å². The fourth-order valence-corrected chi connectivity index (χ4v) is 3.82. The van der Waals surface area contributed by atoms with Gasteiger partial charge in [-0.15, -0.1) is 0 Å². The van der Waals surface area contributed by atoms with Crippen molar-refractivity contribution >= 4 is 40.7 Å². The summed E-state index contributed by atoms with van der Waals surface area (Å²) >= 11 is 12.2. The van der Waals surface area contributed by atoms with E-state index < -0.39 is 0 Å². The molecule has 29 heavy (non-hydrogen) atoms. The summed E-state index contributed by atoms with van der Waals surface area (Å²) in [6.45, 7) is 7.56. The molecule has 0 unspecified atom stereocenters. The average molecular weight is 433 g/mol. The molecule has 0 radical (unpaired) electrons. The highest BCUT2D eigenvalue weighted by Crippen LogP contribution is 2.31. The maximum atomic E-state index is 12.8. The molecule has 1 heterocycles. The number of nitrogens with one attached hydrogen (secondary N) is 1. The number of carbonyl (C=O) groups excluding carboxylic acids is 2. The number of benzene rings is 2. The molecule has 1 aliphatic rings. The van der Waals surface area contributed by atoms with Crippen molar-refractivity contribution in [3.05, 3.63) is 63.6 Å². The van der Waals surface area contributed by atoms with E-state index in [1.165, 1.54) is 5.56 Å². The molecule has 0 aliphatic carbocycles. The first-order chi connectivity index (χ1) is 13.7. The molecule has 4 nitrogen and oxygen atoms in total. The molecule has 0 atom stereocenters. The fourth-order valence-electron chi connectivity index (χ4n) is 3.48. The van der Waals surface area contributed by atoms with Gasteiger partial charge in [-0.2, -0.15) is 0 Å². The largest absolute Gasteiger partial charge is 0.339 e. The zero-order chi connectivity index (χ0) is 21.2. The van der Waals surface area contributed by atoms with Gasteiger partial charge in [-0.25, -0.2) is 0 Å². The van der Waals surface area contributed by atoms with Crippen molar-refractivity contribution in [3.8, 4) is 0 Å². The Labute approximate surface area is 182 Å². The minimum absolute atomic E-state index is 0.0159. The first-order valence-electron chi connectivity index (χ1n) is 9.81. The lowest BCUT2D eigenvalue weighted by molar-refractivity contribution is -0.121. The Morgan fingerprint density at radius 1 is 1.00 bits per heavy atom. The van der Waals surface area contributed by atoms with Crippen LogP contribution in [0, 0.1) is 5.92 Å². The van der Waals surface area contributed by atoms with Crippen LogP contribution in [0.3, 0.4) is 0 Å². The summed E-state index contributed by atoms with van der Waals surface area (Å²) in [5, 5.41) is 3.60. The quantitative estimate of drug-likeness (QED) is 0.667. The molecule has 2 aromatic carbocycles. The highest BCUT2D eigenvalue weighted by atomic mass is 35.5. The van der Waals surface area contributed by atoms with Gasteiger partial charge in [-0.05, 0) is 48.1 Å². The van der Waals surface area contributed by atoms with Crippen LogP contribution in [0.5, 0.6) is 0 Å². The number of hydrogen-bond acceptors (Lipinski definition) is 2. The third-order valence-electron chi connectivity index (χ3n) is 5.36. The molecule has 6 heteroatoms. The highest BCUT2D eigenvalue weighted by molar-refractivity contribution is 6.44. The summed E-state index contributed by atoms with van der Waals surface area (Å²) in [5.41, 5.74) is 2.46. The van der Waals surface area contributed by atoms with Crippen molar-refractivity contribution in [1.29, 1.82) is 0 Å². The first kappa shape index (κ1) is 21.7. The van der Waals surface area contributed by atoms with E-state index in [2.05, 4.69) is 26.1 Å². The second kappa shape index (κ2) is 8.76. The SMILES string of the molecule is CC(C)(C)c1ccc(C(=O)N2CCC(C(=O)Nc3cccc(Cl)c3Cl)CC2)cc1. The van der Waals surface area contributed by atoms with Crippen molar-refractivity contribution in [3.63, 3.8) is 0 Å². The van der Waals surface area contributed by atoms with Crippen LogP contribution in [0.1, 0.15) is 49.5 Å². The van der Waals surface area contributed by atoms with Crippen LogP contribution in [-0.4, -0.2) is 29.8 Å².